The first-order valence-electron chi connectivity index (χ1n) is 6.93. The van der Waals surface area contributed by atoms with E-state index in [0.29, 0.717) is 27.3 Å². The molecule has 0 atom stereocenters. The molecular weight excluding hydrogens is 316 g/mol. The fourth-order valence-electron chi connectivity index (χ4n) is 2.46. The van der Waals surface area contributed by atoms with Gasteiger partial charge in [0.15, 0.2) is 11.0 Å². The molecule has 3 aromatic rings. The summed E-state index contributed by atoms with van der Waals surface area (Å²) in [5.74, 6) is -0.139. The molecule has 0 spiro atoms. The van der Waals surface area contributed by atoms with E-state index in [9.17, 15) is 9.59 Å². The Morgan fingerprint density at radius 3 is 2.48 bits per heavy atom. The van der Waals surface area contributed by atoms with Crippen LogP contribution < -0.4 is 5.43 Å². The minimum Gasteiger partial charge on any atom is -0.465 e. The number of halogens is 1. The van der Waals surface area contributed by atoms with Crippen molar-refractivity contribution in [2.45, 2.75) is 6.92 Å². The van der Waals surface area contributed by atoms with E-state index >= 15 is 0 Å². The van der Waals surface area contributed by atoms with Crippen LogP contribution in [-0.4, -0.2) is 13.1 Å². The Labute approximate surface area is 137 Å². The van der Waals surface area contributed by atoms with Gasteiger partial charge in [0, 0.05) is 16.1 Å². The molecule has 0 radical (unpaired) electrons. The molecule has 0 unspecified atom stereocenters. The summed E-state index contributed by atoms with van der Waals surface area (Å²) in [6, 6.07) is 11.8. The van der Waals surface area contributed by atoms with Crippen LogP contribution in [0.1, 0.15) is 15.9 Å². The number of rotatable bonds is 2. The molecule has 0 amide bonds. The maximum absolute atomic E-state index is 12.6. The van der Waals surface area contributed by atoms with Crippen LogP contribution in [0.4, 0.5) is 0 Å². The molecule has 116 valence electrons. The summed E-state index contributed by atoms with van der Waals surface area (Å²) < 4.78 is 10.7. The zero-order valence-electron chi connectivity index (χ0n) is 12.6. The van der Waals surface area contributed by atoms with Crippen LogP contribution in [-0.2, 0) is 4.74 Å². The van der Waals surface area contributed by atoms with E-state index in [2.05, 4.69) is 0 Å². The lowest BCUT2D eigenvalue weighted by atomic mass is 10.0. The summed E-state index contributed by atoms with van der Waals surface area (Å²) in [5.41, 5.74) is 1.45. The lowest BCUT2D eigenvalue weighted by Gasteiger charge is -2.09. The number of benzene rings is 2. The fraction of sp³-hybridized carbons (Fsp3) is 0.111. The fourth-order valence-corrected chi connectivity index (χ4v) is 2.58. The maximum atomic E-state index is 12.6. The number of ether oxygens (including phenoxy) is 1. The predicted octanol–water partition coefficient (Wildman–Crippen LogP) is 4.21. The van der Waals surface area contributed by atoms with Gasteiger partial charge in [-0.2, -0.15) is 0 Å². The van der Waals surface area contributed by atoms with E-state index in [1.807, 2.05) is 0 Å². The van der Waals surface area contributed by atoms with Crippen molar-refractivity contribution in [3.63, 3.8) is 0 Å². The van der Waals surface area contributed by atoms with Gasteiger partial charge in [-0.25, -0.2) is 4.79 Å². The highest BCUT2D eigenvalue weighted by atomic mass is 35.5. The molecule has 0 saturated carbocycles. The average Bonchev–Trinajstić information content (AvgIpc) is 2.57. The van der Waals surface area contributed by atoms with Gasteiger partial charge in [-0.05, 0) is 43.3 Å². The van der Waals surface area contributed by atoms with Gasteiger partial charge in [0.2, 0.25) is 0 Å². The van der Waals surface area contributed by atoms with Crippen molar-refractivity contribution in [1.29, 1.82) is 0 Å². The second-order valence-electron chi connectivity index (χ2n) is 5.07. The number of fused-ring (bicyclic) bond motifs is 1. The summed E-state index contributed by atoms with van der Waals surface area (Å²) in [6.07, 6.45) is 0. The van der Waals surface area contributed by atoms with Crippen molar-refractivity contribution in [2.75, 3.05) is 7.11 Å². The Hall–Kier alpha value is -2.59. The van der Waals surface area contributed by atoms with E-state index in [4.69, 9.17) is 20.8 Å². The first-order chi connectivity index (χ1) is 11.0. The highest BCUT2D eigenvalue weighted by molar-refractivity contribution is 6.30. The van der Waals surface area contributed by atoms with Crippen LogP contribution in [0.2, 0.25) is 5.02 Å². The van der Waals surface area contributed by atoms with Crippen molar-refractivity contribution in [2.24, 2.45) is 0 Å². The summed E-state index contributed by atoms with van der Waals surface area (Å²) in [4.78, 5) is 24.5. The minimum absolute atomic E-state index is 0.179. The van der Waals surface area contributed by atoms with Gasteiger partial charge in [-0.1, -0.05) is 17.7 Å². The highest BCUT2D eigenvalue weighted by Gasteiger charge is 2.18. The molecule has 3 rings (SSSR count). The number of esters is 1. The molecule has 0 aliphatic heterocycles. The molecule has 1 heterocycles. The third-order valence-corrected chi connectivity index (χ3v) is 3.91. The van der Waals surface area contributed by atoms with Gasteiger partial charge in [-0.3, -0.25) is 4.79 Å². The Morgan fingerprint density at radius 2 is 1.83 bits per heavy atom. The Bertz CT molecular complexity index is 955. The van der Waals surface area contributed by atoms with Crippen molar-refractivity contribution >= 4 is 28.5 Å². The van der Waals surface area contributed by atoms with Crippen LogP contribution in [0.3, 0.4) is 0 Å². The van der Waals surface area contributed by atoms with Gasteiger partial charge < -0.3 is 9.15 Å². The molecular formula is C18H13ClO4. The van der Waals surface area contributed by atoms with E-state index in [1.165, 1.54) is 7.11 Å². The second-order valence-corrected chi connectivity index (χ2v) is 5.50. The number of hydrogen-bond donors (Lipinski definition) is 0. The molecule has 5 heteroatoms. The molecule has 0 fully saturated rings. The van der Waals surface area contributed by atoms with Crippen LogP contribution >= 0.6 is 11.6 Å². The largest absolute Gasteiger partial charge is 0.465 e. The molecule has 23 heavy (non-hydrogen) atoms. The zero-order valence-corrected chi connectivity index (χ0v) is 13.3. The molecule has 0 saturated heterocycles. The number of carbonyl (C=O) groups is 1. The highest BCUT2D eigenvalue weighted by Crippen LogP contribution is 2.28. The maximum Gasteiger partial charge on any atom is 0.341 e. The Balaban J connectivity index is 2.36. The summed E-state index contributed by atoms with van der Waals surface area (Å²) in [6.45, 7) is 1.69. The Kier molecular flexibility index (Phi) is 3.92. The third kappa shape index (κ3) is 2.62. The van der Waals surface area contributed by atoms with Crippen LogP contribution in [0, 0.1) is 6.92 Å². The zero-order chi connectivity index (χ0) is 16.6. The third-order valence-electron chi connectivity index (χ3n) is 3.66. The van der Waals surface area contributed by atoms with Crippen LogP contribution in [0.5, 0.6) is 0 Å². The summed E-state index contributed by atoms with van der Waals surface area (Å²) in [7, 11) is 1.29. The minimum atomic E-state index is -0.551. The topological polar surface area (TPSA) is 56.5 Å². The first-order valence-corrected chi connectivity index (χ1v) is 7.31. The predicted molar refractivity (Wildman–Crippen MR) is 89.0 cm³/mol. The molecule has 0 bridgehead atoms. The lowest BCUT2D eigenvalue weighted by molar-refractivity contribution is 0.0601. The molecule has 0 N–H and O–H groups in total. The van der Waals surface area contributed by atoms with E-state index in [1.54, 1.807) is 49.4 Å². The number of carbonyl (C=O) groups excluding carboxylic acids is 1. The van der Waals surface area contributed by atoms with Crippen molar-refractivity contribution < 1.29 is 13.9 Å². The van der Waals surface area contributed by atoms with Gasteiger partial charge in [-0.15, -0.1) is 0 Å². The van der Waals surface area contributed by atoms with Crippen molar-refractivity contribution in [1.82, 2.24) is 0 Å². The van der Waals surface area contributed by atoms with E-state index in [0.717, 1.165) is 0 Å². The molecule has 4 nitrogen and oxygen atoms in total. The van der Waals surface area contributed by atoms with Gasteiger partial charge >= 0.3 is 5.97 Å². The molecule has 2 aromatic carbocycles. The van der Waals surface area contributed by atoms with Crippen LogP contribution in [0.25, 0.3) is 22.3 Å². The SMILES string of the molecule is COC(=O)c1cccc2c(=O)c(C)c(-c3ccc(Cl)cc3)oc12. The second kappa shape index (κ2) is 5.89. The number of para-hydroxylation sites is 1. The normalized spacial score (nSPS) is 10.7. The van der Waals surface area contributed by atoms with E-state index < -0.39 is 5.97 Å². The standard InChI is InChI=1S/C18H13ClO4/c1-10-15(20)13-4-3-5-14(18(21)22-2)17(13)23-16(10)11-6-8-12(19)9-7-11/h3-9H,1-2H3. The van der Waals surface area contributed by atoms with Crippen molar-refractivity contribution in [3.05, 3.63) is 68.8 Å². The van der Waals surface area contributed by atoms with Gasteiger partial charge in [0.05, 0.1) is 12.5 Å². The first kappa shape index (κ1) is 15.3. The quantitative estimate of drug-likeness (QED) is 0.661. The smallest absolute Gasteiger partial charge is 0.341 e. The van der Waals surface area contributed by atoms with E-state index in [-0.39, 0.29) is 16.6 Å². The van der Waals surface area contributed by atoms with Gasteiger partial charge in [0.25, 0.3) is 0 Å². The molecule has 1 aromatic heterocycles. The summed E-state index contributed by atoms with van der Waals surface area (Å²) >= 11 is 5.90. The van der Waals surface area contributed by atoms with Crippen LogP contribution in [0.15, 0.2) is 51.7 Å². The summed E-state index contributed by atoms with van der Waals surface area (Å²) in [5, 5.41) is 0.938. The lowest BCUT2D eigenvalue weighted by Crippen LogP contribution is -2.10. The van der Waals surface area contributed by atoms with Gasteiger partial charge in [0.1, 0.15) is 11.3 Å². The Morgan fingerprint density at radius 1 is 1.13 bits per heavy atom. The number of methoxy groups -OCH3 is 1. The molecule has 0 aliphatic rings. The number of hydrogen-bond acceptors (Lipinski definition) is 4. The monoisotopic (exact) mass is 328 g/mol. The molecule has 0 aliphatic carbocycles. The van der Waals surface area contributed by atoms with Crippen molar-refractivity contribution in [3.8, 4) is 11.3 Å². The average molecular weight is 329 g/mol.